The summed E-state index contributed by atoms with van der Waals surface area (Å²) in [5, 5.41) is 4.62. The molecule has 1 atom stereocenters. The number of nitrogens with one attached hydrogen (secondary N) is 1. The normalized spacial score (nSPS) is 13.6. The second-order valence-electron chi connectivity index (χ2n) is 4.50. The van der Waals surface area contributed by atoms with Crippen LogP contribution in [0.1, 0.15) is 31.3 Å². The van der Waals surface area contributed by atoms with Crippen LogP contribution in [-0.2, 0) is 0 Å². The number of nitrogens with zero attached hydrogens (tertiary/aromatic N) is 1. The Kier molecular flexibility index (Phi) is 3.82. The first kappa shape index (κ1) is 12.1. The molecule has 4 nitrogen and oxygen atoms in total. The number of hydrogen-bond acceptors (Lipinski definition) is 4. The zero-order valence-electron chi connectivity index (χ0n) is 9.28. The Bertz CT molecular complexity index is 316. The van der Waals surface area contributed by atoms with Crippen LogP contribution in [0.5, 0.6) is 0 Å². The maximum absolute atomic E-state index is 11.7. The van der Waals surface area contributed by atoms with Gasteiger partial charge in [0.1, 0.15) is 5.69 Å². The summed E-state index contributed by atoms with van der Waals surface area (Å²) in [5.74, 6) is -0.151. The summed E-state index contributed by atoms with van der Waals surface area (Å²) < 4.78 is 0. The smallest absolute Gasteiger partial charge is 0.271 e. The third-order valence-electron chi connectivity index (χ3n) is 2.25. The Balaban J connectivity index is 2.65. The number of amides is 1. The van der Waals surface area contributed by atoms with Gasteiger partial charge in [-0.1, -0.05) is 20.8 Å². The second kappa shape index (κ2) is 4.72. The van der Waals surface area contributed by atoms with E-state index < -0.39 is 0 Å². The number of carbonyl (C=O) groups excluding carboxylic acids is 1. The van der Waals surface area contributed by atoms with Crippen molar-refractivity contribution in [3.05, 3.63) is 16.6 Å². The van der Waals surface area contributed by atoms with Crippen molar-refractivity contribution in [3.8, 4) is 0 Å². The number of aromatic nitrogens is 1. The standard InChI is InChI=1S/C10H17N3OS/c1-10(2,3)8(4-11)13-9(14)7-5-15-6-12-7/h5-6,8H,4,11H2,1-3H3,(H,13,14). The molecule has 1 unspecified atom stereocenters. The van der Waals surface area contributed by atoms with Gasteiger partial charge in [-0.15, -0.1) is 11.3 Å². The van der Waals surface area contributed by atoms with E-state index in [4.69, 9.17) is 5.73 Å². The predicted octanol–water partition coefficient (Wildman–Crippen LogP) is 1.25. The van der Waals surface area contributed by atoms with Crippen LogP contribution < -0.4 is 11.1 Å². The highest BCUT2D eigenvalue weighted by atomic mass is 32.1. The number of hydrogen-bond donors (Lipinski definition) is 2. The van der Waals surface area contributed by atoms with E-state index in [1.165, 1.54) is 11.3 Å². The van der Waals surface area contributed by atoms with Gasteiger partial charge in [-0.2, -0.15) is 0 Å². The van der Waals surface area contributed by atoms with Crippen molar-refractivity contribution >= 4 is 17.2 Å². The molecule has 1 aromatic heterocycles. The highest BCUT2D eigenvalue weighted by Crippen LogP contribution is 2.18. The summed E-state index contributed by atoms with van der Waals surface area (Å²) in [6.07, 6.45) is 0. The van der Waals surface area contributed by atoms with Gasteiger partial charge in [0.25, 0.3) is 5.91 Å². The topological polar surface area (TPSA) is 68.0 Å². The SMILES string of the molecule is CC(C)(C)C(CN)NC(=O)c1cscn1. The van der Waals surface area contributed by atoms with Gasteiger partial charge in [-0.05, 0) is 5.41 Å². The molecule has 3 N–H and O–H groups in total. The summed E-state index contributed by atoms with van der Waals surface area (Å²) in [7, 11) is 0. The molecule has 5 heteroatoms. The summed E-state index contributed by atoms with van der Waals surface area (Å²) in [6, 6.07) is -0.0355. The number of nitrogens with two attached hydrogens (primary N) is 1. The van der Waals surface area contributed by atoms with Crippen molar-refractivity contribution in [2.45, 2.75) is 26.8 Å². The molecule has 0 saturated heterocycles. The van der Waals surface area contributed by atoms with E-state index in [1.807, 2.05) is 20.8 Å². The van der Waals surface area contributed by atoms with Gasteiger partial charge in [-0.3, -0.25) is 4.79 Å². The van der Waals surface area contributed by atoms with Gasteiger partial charge in [-0.25, -0.2) is 4.98 Å². The molecule has 1 amide bonds. The van der Waals surface area contributed by atoms with Crippen molar-refractivity contribution in [2.75, 3.05) is 6.54 Å². The summed E-state index contributed by atoms with van der Waals surface area (Å²) in [6.45, 7) is 6.57. The lowest BCUT2D eigenvalue weighted by atomic mass is 9.87. The maximum Gasteiger partial charge on any atom is 0.271 e. The minimum atomic E-state index is -0.151. The van der Waals surface area contributed by atoms with Gasteiger partial charge < -0.3 is 11.1 Å². The molecular formula is C10H17N3OS. The van der Waals surface area contributed by atoms with Crippen LogP contribution in [-0.4, -0.2) is 23.5 Å². The van der Waals surface area contributed by atoms with Crippen molar-refractivity contribution in [1.29, 1.82) is 0 Å². The first-order valence-corrected chi connectivity index (χ1v) is 5.78. The van der Waals surface area contributed by atoms with Crippen molar-refractivity contribution in [2.24, 2.45) is 11.1 Å². The van der Waals surface area contributed by atoms with Gasteiger partial charge >= 0.3 is 0 Å². The van der Waals surface area contributed by atoms with Crippen molar-refractivity contribution in [3.63, 3.8) is 0 Å². The largest absolute Gasteiger partial charge is 0.346 e. The lowest BCUT2D eigenvalue weighted by molar-refractivity contribution is 0.0901. The zero-order valence-corrected chi connectivity index (χ0v) is 10.1. The average Bonchev–Trinajstić information content (AvgIpc) is 2.64. The number of thiazole rings is 1. The molecule has 0 spiro atoms. The van der Waals surface area contributed by atoms with Crippen LogP contribution in [0.2, 0.25) is 0 Å². The van der Waals surface area contributed by atoms with Crippen LogP contribution in [0.25, 0.3) is 0 Å². The Morgan fingerprint density at radius 3 is 2.73 bits per heavy atom. The Morgan fingerprint density at radius 2 is 2.33 bits per heavy atom. The first-order chi connectivity index (χ1) is 6.95. The Hall–Kier alpha value is -0.940. The maximum atomic E-state index is 11.7. The fraction of sp³-hybridized carbons (Fsp3) is 0.600. The zero-order chi connectivity index (χ0) is 11.5. The molecule has 1 rings (SSSR count). The van der Waals surface area contributed by atoms with E-state index in [1.54, 1.807) is 10.9 Å². The molecule has 15 heavy (non-hydrogen) atoms. The molecule has 0 bridgehead atoms. The quantitative estimate of drug-likeness (QED) is 0.816. The third-order valence-corrected chi connectivity index (χ3v) is 2.84. The monoisotopic (exact) mass is 227 g/mol. The number of rotatable bonds is 3. The fourth-order valence-electron chi connectivity index (χ4n) is 1.19. The molecular weight excluding hydrogens is 210 g/mol. The molecule has 84 valence electrons. The van der Waals surface area contributed by atoms with E-state index in [0.717, 1.165) is 0 Å². The van der Waals surface area contributed by atoms with E-state index in [2.05, 4.69) is 10.3 Å². The summed E-state index contributed by atoms with van der Waals surface area (Å²) >= 11 is 1.41. The highest BCUT2D eigenvalue weighted by molar-refractivity contribution is 7.07. The Morgan fingerprint density at radius 1 is 1.67 bits per heavy atom. The highest BCUT2D eigenvalue weighted by Gasteiger charge is 2.25. The molecule has 0 aromatic carbocycles. The minimum absolute atomic E-state index is 0.0355. The molecule has 0 aliphatic heterocycles. The summed E-state index contributed by atoms with van der Waals surface area (Å²) in [5.41, 5.74) is 7.69. The molecule has 0 aliphatic carbocycles. The fourth-order valence-corrected chi connectivity index (χ4v) is 1.72. The van der Waals surface area contributed by atoms with Crippen LogP contribution in [0.4, 0.5) is 0 Å². The predicted molar refractivity (Wildman–Crippen MR) is 61.9 cm³/mol. The molecule has 1 heterocycles. The van der Waals surface area contributed by atoms with Crippen LogP contribution in [0.3, 0.4) is 0 Å². The Labute approximate surface area is 93.9 Å². The van der Waals surface area contributed by atoms with Gasteiger partial charge in [0, 0.05) is 18.0 Å². The van der Waals surface area contributed by atoms with Crippen molar-refractivity contribution in [1.82, 2.24) is 10.3 Å². The van der Waals surface area contributed by atoms with Gasteiger partial charge in [0.05, 0.1) is 5.51 Å². The van der Waals surface area contributed by atoms with Gasteiger partial charge in [0.2, 0.25) is 0 Å². The summed E-state index contributed by atoms with van der Waals surface area (Å²) in [4.78, 5) is 15.7. The average molecular weight is 227 g/mol. The van der Waals surface area contributed by atoms with E-state index in [0.29, 0.717) is 12.2 Å². The lowest BCUT2D eigenvalue weighted by Crippen LogP contribution is -2.48. The van der Waals surface area contributed by atoms with E-state index in [-0.39, 0.29) is 17.4 Å². The molecule has 0 aliphatic rings. The van der Waals surface area contributed by atoms with Crippen LogP contribution >= 0.6 is 11.3 Å². The molecule has 0 saturated carbocycles. The van der Waals surface area contributed by atoms with Crippen LogP contribution in [0, 0.1) is 5.41 Å². The molecule has 0 fully saturated rings. The lowest BCUT2D eigenvalue weighted by Gasteiger charge is -2.30. The van der Waals surface area contributed by atoms with E-state index >= 15 is 0 Å². The molecule has 1 aromatic rings. The molecule has 0 radical (unpaired) electrons. The van der Waals surface area contributed by atoms with E-state index in [9.17, 15) is 4.79 Å². The number of carbonyl (C=O) groups is 1. The third kappa shape index (κ3) is 3.28. The second-order valence-corrected chi connectivity index (χ2v) is 5.22. The van der Waals surface area contributed by atoms with Gasteiger partial charge in [0.15, 0.2) is 0 Å². The minimum Gasteiger partial charge on any atom is -0.346 e. The first-order valence-electron chi connectivity index (χ1n) is 4.84. The van der Waals surface area contributed by atoms with Crippen molar-refractivity contribution < 1.29 is 4.79 Å². The van der Waals surface area contributed by atoms with Crippen LogP contribution in [0.15, 0.2) is 10.9 Å².